The summed E-state index contributed by atoms with van der Waals surface area (Å²) in [7, 11) is 0. The summed E-state index contributed by atoms with van der Waals surface area (Å²) in [5.41, 5.74) is 7.90. The van der Waals surface area contributed by atoms with Crippen molar-refractivity contribution in [2.24, 2.45) is 0 Å². The second kappa shape index (κ2) is 9.40. The van der Waals surface area contributed by atoms with Crippen molar-refractivity contribution in [3.63, 3.8) is 0 Å². The zero-order valence-electron chi connectivity index (χ0n) is 21.4. The molecule has 38 heavy (non-hydrogen) atoms. The van der Waals surface area contributed by atoms with E-state index in [1.165, 1.54) is 74.4 Å². The molecule has 0 radical (unpaired) electrons. The largest absolute Gasteiger partial charge is 0.140 e. The lowest BCUT2D eigenvalue weighted by molar-refractivity contribution is 1.58. The molecular weight excluding hydrogens is 497 g/mol. The van der Waals surface area contributed by atoms with Gasteiger partial charge in [-0.3, -0.25) is 0 Å². The van der Waals surface area contributed by atoms with Crippen LogP contribution in [-0.4, -0.2) is 0 Å². The van der Waals surface area contributed by atoms with Crippen LogP contribution in [0.25, 0.3) is 64.7 Å². The third-order valence-electron chi connectivity index (χ3n) is 7.42. The molecule has 7 rings (SSSR count). The molecule has 0 saturated heterocycles. The number of benzene rings is 5. The zero-order chi connectivity index (χ0) is 25.6. The van der Waals surface area contributed by atoms with Crippen molar-refractivity contribution in [3.8, 4) is 43.1 Å². The fourth-order valence-electron chi connectivity index (χ4n) is 5.65. The lowest BCUT2D eigenvalue weighted by atomic mass is 9.85. The van der Waals surface area contributed by atoms with Crippen LogP contribution >= 0.6 is 22.7 Å². The molecule has 0 nitrogen and oxygen atoms in total. The van der Waals surface area contributed by atoms with E-state index >= 15 is 0 Å². The van der Waals surface area contributed by atoms with Crippen LogP contribution in [0.1, 0.15) is 9.75 Å². The summed E-state index contributed by atoms with van der Waals surface area (Å²) >= 11 is 3.78. The van der Waals surface area contributed by atoms with Gasteiger partial charge in [0.1, 0.15) is 0 Å². The topological polar surface area (TPSA) is 0 Å². The van der Waals surface area contributed by atoms with Crippen LogP contribution in [0.4, 0.5) is 0 Å². The van der Waals surface area contributed by atoms with Gasteiger partial charge in [-0.15, -0.1) is 22.7 Å². The zero-order valence-corrected chi connectivity index (χ0v) is 23.0. The summed E-state index contributed by atoms with van der Waals surface area (Å²) < 4.78 is 0. The maximum Gasteiger partial charge on any atom is 0.0351 e. The first-order valence-electron chi connectivity index (χ1n) is 12.9. The second-order valence-corrected chi connectivity index (χ2v) is 12.2. The van der Waals surface area contributed by atoms with E-state index in [9.17, 15) is 0 Å². The van der Waals surface area contributed by atoms with Gasteiger partial charge in [0, 0.05) is 19.5 Å². The van der Waals surface area contributed by atoms with E-state index in [0.717, 1.165) is 0 Å². The van der Waals surface area contributed by atoms with Gasteiger partial charge in [-0.05, 0) is 80.9 Å². The number of hydrogen-bond acceptors (Lipinski definition) is 2. The molecule has 7 aromatic rings. The Kier molecular flexibility index (Phi) is 5.73. The van der Waals surface area contributed by atoms with Crippen LogP contribution < -0.4 is 0 Å². The Morgan fingerprint density at radius 1 is 0.395 bits per heavy atom. The van der Waals surface area contributed by atoms with Gasteiger partial charge in [0.2, 0.25) is 0 Å². The number of aryl methyl sites for hydroxylation is 2. The minimum atomic E-state index is 1.27. The van der Waals surface area contributed by atoms with Gasteiger partial charge < -0.3 is 0 Å². The molecule has 182 valence electrons. The molecule has 0 atom stereocenters. The van der Waals surface area contributed by atoms with Gasteiger partial charge in [-0.1, -0.05) is 109 Å². The minimum Gasteiger partial charge on any atom is -0.140 e. The van der Waals surface area contributed by atoms with Crippen molar-refractivity contribution in [1.82, 2.24) is 0 Å². The highest BCUT2D eigenvalue weighted by Crippen LogP contribution is 2.50. The maximum absolute atomic E-state index is 2.41. The van der Waals surface area contributed by atoms with Crippen LogP contribution in [0.2, 0.25) is 0 Å². The van der Waals surface area contributed by atoms with Gasteiger partial charge in [0.05, 0.1) is 0 Å². The van der Waals surface area contributed by atoms with Crippen molar-refractivity contribution in [3.05, 3.63) is 131 Å². The molecule has 0 unspecified atom stereocenters. The predicted octanol–water partition coefficient (Wildman–Crippen LogP) is 11.4. The molecule has 0 fully saturated rings. The molecule has 0 N–H and O–H groups in total. The molecule has 0 amide bonds. The standard InChI is InChI=1S/C36H26S2/c1-23-31(21-33(37-23)25-13-5-3-6-14-25)35-29-19-11-9-17-27(29)28-18-10-12-20-30(28)36(35)32-22-34(38-24(32)2)26-15-7-4-8-16-26/h3-22H,1-2H3. The Labute approximate surface area is 231 Å². The van der Waals surface area contributed by atoms with Crippen LogP contribution in [0, 0.1) is 13.8 Å². The summed E-state index contributed by atoms with van der Waals surface area (Å²) in [6, 6.07) is 44.2. The molecular formula is C36H26S2. The Morgan fingerprint density at radius 3 is 1.13 bits per heavy atom. The highest BCUT2D eigenvalue weighted by molar-refractivity contribution is 7.16. The Balaban J connectivity index is 1.59. The lowest BCUT2D eigenvalue weighted by Gasteiger charge is -2.18. The van der Waals surface area contributed by atoms with Crippen molar-refractivity contribution in [2.75, 3.05) is 0 Å². The summed E-state index contributed by atoms with van der Waals surface area (Å²) in [5.74, 6) is 0. The fraction of sp³-hybridized carbons (Fsp3) is 0.0556. The van der Waals surface area contributed by atoms with E-state index in [0.29, 0.717) is 0 Å². The van der Waals surface area contributed by atoms with Crippen molar-refractivity contribution in [1.29, 1.82) is 0 Å². The number of fused-ring (bicyclic) bond motifs is 3. The van der Waals surface area contributed by atoms with Gasteiger partial charge in [-0.25, -0.2) is 0 Å². The highest BCUT2D eigenvalue weighted by Gasteiger charge is 2.22. The van der Waals surface area contributed by atoms with Gasteiger partial charge in [0.15, 0.2) is 0 Å². The lowest BCUT2D eigenvalue weighted by Crippen LogP contribution is -1.91. The van der Waals surface area contributed by atoms with E-state index in [2.05, 4.69) is 135 Å². The molecule has 5 aromatic carbocycles. The summed E-state index contributed by atoms with van der Waals surface area (Å²) in [6.45, 7) is 4.55. The summed E-state index contributed by atoms with van der Waals surface area (Å²) in [6.07, 6.45) is 0. The predicted molar refractivity (Wildman–Crippen MR) is 168 cm³/mol. The molecule has 2 aromatic heterocycles. The Hall–Kier alpha value is -3.98. The van der Waals surface area contributed by atoms with E-state index < -0.39 is 0 Å². The average molecular weight is 523 g/mol. The molecule has 0 spiro atoms. The summed E-state index contributed by atoms with van der Waals surface area (Å²) in [4.78, 5) is 5.32. The fourth-order valence-corrected chi connectivity index (χ4v) is 7.71. The summed E-state index contributed by atoms with van der Waals surface area (Å²) in [5, 5.41) is 5.25. The smallest absolute Gasteiger partial charge is 0.0351 e. The van der Waals surface area contributed by atoms with E-state index in [4.69, 9.17) is 0 Å². The second-order valence-electron chi connectivity index (χ2n) is 9.73. The molecule has 0 aliphatic carbocycles. The quantitative estimate of drug-likeness (QED) is 0.202. The van der Waals surface area contributed by atoms with E-state index in [1.807, 2.05) is 22.7 Å². The Bertz CT molecular complexity index is 1780. The first-order valence-corrected chi connectivity index (χ1v) is 14.6. The Morgan fingerprint density at radius 2 is 0.737 bits per heavy atom. The third kappa shape index (κ3) is 3.80. The monoisotopic (exact) mass is 522 g/mol. The van der Waals surface area contributed by atoms with E-state index in [1.54, 1.807) is 0 Å². The molecule has 0 saturated carbocycles. The van der Waals surface area contributed by atoms with Crippen molar-refractivity contribution < 1.29 is 0 Å². The van der Waals surface area contributed by atoms with Gasteiger partial charge in [0.25, 0.3) is 0 Å². The average Bonchev–Trinajstić information content (AvgIpc) is 3.55. The SMILES string of the molecule is Cc1sc(-c2ccccc2)cc1-c1c(-c2cc(-c3ccccc3)sc2C)c2ccccc2c2ccccc12. The van der Waals surface area contributed by atoms with E-state index in [-0.39, 0.29) is 0 Å². The van der Waals surface area contributed by atoms with Crippen LogP contribution in [0.3, 0.4) is 0 Å². The molecule has 0 aliphatic rings. The normalized spacial score (nSPS) is 11.4. The highest BCUT2D eigenvalue weighted by atomic mass is 32.1. The third-order valence-corrected chi connectivity index (χ3v) is 9.62. The van der Waals surface area contributed by atoms with Crippen LogP contribution in [0.15, 0.2) is 121 Å². The van der Waals surface area contributed by atoms with Crippen molar-refractivity contribution >= 4 is 44.2 Å². The number of thiophene rings is 2. The van der Waals surface area contributed by atoms with Gasteiger partial charge in [-0.2, -0.15) is 0 Å². The number of rotatable bonds is 4. The van der Waals surface area contributed by atoms with Crippen molar-refractivity contribution in [2.45, 2.75) is 13.8 Å². The van der Waals surface area contributed by atoms with Crippen LogP contribution in [0.5, 0.6) is 0 Å². The minimum absolute atomic E-state index is 1.27. The first kappa shape index (κ1) is 23.2. The molecule has 2 heterocycles. The molecule has 0 bridgehead atoms. The maximum atomic E-state index is 2.41. The molecule has 2 heteroatoms. The first-order chi connectivity index (χ1) is 18.7. The van der Waals surface area contributed by atoms with Gasteiger partial charge >= 0.3 is 0 Å². The van der Waals surface area contributed by atoms with Crippen LogP contribution in [-0.2, 0) is 0 Å². The molecule has 0 aliphatic heterocycles. The number of hydrogen-bond donors (Lipinski definition) is 0.